The number of carbonyl (C=O) groups excluding carboxylic acids is 1. The Morgan fingerprint density at radius 3 is 1.79 bits per heavy atom. The van der Waals surface area contributed by atoms with Crippen molar-refractivity contribution in [3.8, 4) is 0 Å². The van der Waals surface area contributed by atoms with Gasteiger partial charge in [0.2, 0.25) is 5.91 Å². The Morgan fingerprint density at radius 1 is 0.679 bits per heavy atom. The maximum atomic E-state index is 13.5. The van der Waals surface area contributed by atoms with Crippen molar-refractivity contribution in [2.45, 2.75) is 127 Å². The van der Waals surface area contributed by atoms with Gasteiger partial charge in [-0.05, 0) is 101 Å². The molecule has 2 saturated heterocycles. The van der Waals surface area contributed by atoms with Gasteiger partial charge in [0.15, 0.2) is 0 Å². The minimum Gasteiger partial charge on any atom is -0.352 e. The van der Waals surface area contributed by atoms with Gasteiger partial charge in [0.1, 0.15) is 0 Å². The molecule has 0 radical (unpaired) electrons. The SMILES string of the molecule is O=C(NC1C[C@H]2CCC[C@@H](C1)[NH+]2C1CCCCC1)C12CC3CC(CC(C3)C1)C2. The second-order valence-corrected chi connectivity index (χ2v) is 12.0. The summed E-state index contributed by atoms with van der Waals surface area (Å²) >= 11 is 0. The Morgan fingerprint density at radius 2 is 1.21 bits per heavy atom. The van der Waals surface area contributed by atoms with Crippen LogP contribution in [0.4, 0.5) is 0 Å². The zero-order valence-electron chi connectivity index (χ0n) is 17.8. The van der Waals surface area contributed by atoms with Crippen LogP contribution < -0.4 is 10.2 Å². The summed E-state index contributed by atoms with van der Waals surface area (Å²) in [4.78, 5) is 15.5. The van der Waals surface area contributed by atoms with E-state index in [2.05, 4.69) is 5.32 Å². The molecule has 5 saturated carbocycles. The van der Waals surface area contributed by atoms with Crippen LogP contribution in [0.2, 0.25) is 0 Å². The molecule has 28 heavy (non-hydrogen) atoms. The lowest BCUT2D eigenvalue weighted by atomic mass is 9.49. The fraction of sp³-hybridized carbons (Fsp3) is 0.960. The topological polar surface area (TPSA) is 33.5 Å². The van der Waals surface area contributed by atoms with Crippen LogP contribution in [-0.2, 0) is 4.79 Å². The van der Waals surface area contributed by atoms with Crippen molar-refractivity contribution in [1.29, 1.82) is 0 Å². The number of rotatable bonds is 3. The zero-order valence-corrected chi connectivity index (χ0v) is 17.8. The van der Waals surface area contributed by atoms with Crippen LogP contribution in [0, 0.1) is 23.2 Å². The Balaban J connectivity index is 1.13. The van der Waals surface area contributed by atoms with Gasteiger partial charge in [-0.25, -0.2) is 0 Å². The normalized spacial score (nSPS) is 50.5. The average molecular weight is 386 g/mol. The van der Waals surface area contributed by atoms with Crippen molar-refractivity contribution in [3.63, 3.8) is 0 Å². The van der Waals surface area contributed by atoms with E-state index in [4.69, 9.17) is 0 Å². The second kappa shape index (κ2) is 7.00. The molecule has 0 aromatic carbocycles. The molecule has 4 atom stereocenters. The number of piperidine rings is 2. The minimum absolute atomic E-state index is 0.0389. The van der Waals surface area contributed by atoms with Gasteiger partial charge in [-0.1, -0.05) is 6.42 Å². The molecule has 0 aromatic heterocycles. The third kappa shape index (κ3) is 3.06. The molecule has 2 N–H and O–H groups in total. The van der Waals surface area contributed by atoms with Gasteiger partial charge in [0.25, 0.3) is 0 Å². The van der Waals surface area contributed by atoms with Gasteiger partial charge < -0.3 is 10.2 Å². The lowest BCUT2D eigenvalue weighted by Gasteiger charge is -2.56. The standard InChI is InChI=1S/C25H40N2O/c28-24(25-14-17-9-18(15-25)11-19(10-17)16-25)26-20-12-22-7-4-8-23(13-20)27(22)21-5-2-1-3-6-21/h17-23H,1-16H2,(H,26,28)/p+1/t17?,18?,19?,20?,22-,23+,25?. The van der Waals surface area contributed by atoms with E-state index in [1.54, 1.807) is 0 Å². The van der Waals surface area contributed by atoms with Crippen LogP contribution in [0.5, 0.6) is 0 Å². The largest absolute Gasteiger partial charge is 0.352 e. The van der Waals surface area contributed by atoms with Gasteiger partial charge in [-0.15, -0.1) is 0 Å². The summed E-state index contributed by atoms with van der Waals surface area (Å²) in [5, 5.41) is 3.68. The van der Waals surface area contributed by atoms with E-state index in [0.717, 1.165) is 35.9 Å². The zero-order chi connectivity index (χ0) is 18.7. The highest BCUT2D eigenvalue weighted by molar-refractivity contribution is 5.83. The molecule has 3 heteroatoms. The number of quaternary nitrogens is 1. The van der Waals surface area contributed by atoms with Crippen LogP contribution in [0.15, 0.2) is 0 Å². The first-order valence-electron chi connectivity index (χ1n) is 12.9. The van der Waals surface area contributed by atoms with E-state index < -0.39 is 0 Å². The molecule has 2 heterocycles. The van der Waals surface area contributed by atoms with E-state index in [0.29, 0.717) is 11.9 Å². The summed E-state index contributed by atoms with van der Waals surface area (Å²) in [5.74, 6) is 3.09. The van der Waals surface area contributed by atoms with Crippen LogP contribution in [0.25, 0.3) is 0 Å². The van der Waals surface area contributed by atoms with Crippen molar-refractivity contribution in [1.82, 2.24) is 5.32 Å². The highest BCUT2D eigenvalue weighted by atomic mass is 16.2. The molecule has 2 aliphatic heterocycles. The summed E-state index contributed by atoms with van der Waals surface area (Å²) in [6.07, 6.45) is 22.0. The van der Waals surface area contributed by atoms with Crippen LogP contribution in [0.3, 0.4) is 0 Å². The van der Waals surface area contributed by atoms with Crippen molar-refractivity contribution < 1.29 is 9.69 Å². The first-order chi connectivity index (χ1) is 13.7. The van der Waals surface area contributed by atoms with Crippen molar-refractivity contribution >= 4 is 5.91 Å². The summed E-state index contributed by atoms with van der Waals surface area (Å²) in [7, 11) is 0. The Kier molecular flexibility index (Phi) is 4.55. The Bertz CT molecular complexity index is 560. The number of carbonyl (C=O) groups is 1. The molecule has 7 rings (SSSR count). The molecule has 2 unspecified atom stereocenters. The molecule has 3 nitrogen and oxygen atoms in total. The van der Waals surface area contributed by atoms with Gasteiger partial charge in [-0.2, -0.15) is 0 Å². The third-order valence-electron chi connectivity index (χ3n) is 10.1. The summed E-state index contributed by atoms with van der Waals surface area (Å²) in [6.45, 7) is 0. The molecule has 1 amide bonds. The molecular formula is C25H41N2O+. The maximum Gasteiger partial charge on any atom is 0.226 e. The number of amides is 1. The maximum absolute atomic E-state index is 13.5. The highest BCUT2D eigenvalue weighted by Gasteiger charge is 2.55. The van der Waals surface area contributed by atoms with Crippen LogP contribution >= 0.6 is 0 Å². The highest BCUT2D eigenvalue weighted by Crippen LogP contribution is 2.60. The van der Waals surface area contributed by atoms with Gasteiger partial charge in [0.05, 0.1) is 18.1 Å². The molecule has 7 aliphatic rings. The van der Waals surface area contributed by atoms with Gasteiger partial charge in [-0.3, -0.25) is 4.79 Å². The number of nitrogens with one attached hydrogen (secondary N) is 2. The number of hydrogen-bond acceptors (Lipinski definition) is 1. The van der Waals surface area contributed by atoms with Crippen molar-refractivity contribution in [3.05, 3.63) is 0 Å². The minimum atomic E-state index is 0.0389. The molecule has 5 aliphatic carbocycles. The van der Waals surface area contributed by atoms with Crippen LogP contribution in [-0.4, -0.2) is 30.1 Å². The van der Waals surface area contributed by atoms with E-state index in [-0.39, 0.29) is 5.41 Å². The van der Waals surface area contributed by atoms with E-state index in [9.17, 15) is 4.79 Å². The smallest absolute Gasteiger partial charge is 0.226 e. The predicted octanol–water partition coefficient (Wildman–Crippen LogP) is 3.62. The van der Waals surface area contributed by atoms with Gasteiger partial charge in [0, 0.05) is 24.3 Å². The van der Waals surface area contributed by atoms with Crippen LogP contribution in [0.1, 0.15) is 103 Å². The molecule has 0 spiro atoms. The fourth-order valence-corrected chi connectivity index (χ4v) is 9.52. The van der Waals surface area contributed by atoms with Gasteiger partial charge >= 0.3 is 0 Å². The summed E-state index contributed by atoms with van der Waals surface area (Å²) in [5.41, 5.74) is 0.0389. The first-order valence-corrected chi connectivity index (χ1v) is 12.9. The number of hydrogen-bond donors (Lipinski definition) is 2. The lowest BCUT2D eigenvalue weighted by molar-refractivity contribution is -0.984. The third-order valence-corrected chi connectivity index (χ3v) is 10.1. The molecule has 7 fully saturated rings. The quantitative estimate of drug-likeness (QED) is 0.764. The predicted molar refractivity (Wildman–Crippen MR) is 111 cm³/mol. The van der Waals surface area contributed by atoms with E-state index >= 15 is 0 Å². The molecular weight excluding hydrogens is 344 g/mol. The monoisotopic (exact) mass is 385 g/mol. The lowest BCUT2D eigenvalue weighted by Crippen LogP contribution is -3.24. The second-order valence-electron chi connectivity index (χ2n) is 12.0. The summed E-state index contributed by atoms with van der Waals surface area (Å²) in [6, 6.07) is 3.07. The van der Waals surface area contributed by atoms with Crippen molar-refractivity contribution in [2.75, 3.05) is 0 Å². The summed E-state index contributed by atoms with van der Waals surface area (Å²) < 4.78 is 0. The Hall–Kier alpha value is -0.570. The fourth-order valence-electron chi connectivity index (χ4n) is 9.52. The van der Waals surface area contributed by atoms with E-state index in [1.165, 1.54) is 103 Å². The number of fused-ring (bicyclic) bond motifs is 2. The molecule has 0 aromatic rings. The average Bonchev–Trinajstić information content (AvgIpc) is 2.67. The molecule has 6 bridgehead atoms. The Labute approximate surface area is 171 Å². The van der Waals surface area contributed by atoms with Crippen molar-refractivity contribution in [2.24, 2.45) is 23.2 Å². The van der Waals surface area contributed by atoms with E-state index in [1.807, 2.05) is 4.90 Å². The first kappa shape index (κ1) is 18.2. The molecule has 156 valence electrons.